The highest BCUT2D eigenvalue weighted by Crippen LogP contribution is 2.32. The first-order valence-corrected chi connectivity index (χ1v) is 13.7. The van der Waals surface area contributed by atoms with Crippen molar-refractivity contribution in [1.82, 2.24) is 9.88 Å². The van der Waals surface area contributed by atoms with E-state index in [9.17, 15) is 4.79 Å². The van der Waals surface area contributed by atoms with Crippen molar-refractivity contribution >= 4 is 28.2 Å². The molecule has 2 aliphatic rings. The van der Waals surface area contributed by atoms with Crippen molar-refractivity contribution < 1.29 is 19.0 Å². The summed E-state index contributed by atoms with van der Waals surface area (Å²) >= 11 is 0. The Hall–Kier alpha value is -3.20. The minimum Gasteiger partial charge on any atom is -0.492 e. The van der Waals surface area contributed by atoms with Crippen LogP contribution in [-0.2, 0) is 9.47 Å². The van der Waals surface area contributed by atoms with E-state index in [1.807, 2.05) is 56.3 Å². The summed E-state index contributed by atoms with van der Waals surface area (Å²) in [5.41, 5.74) is 1.33. The van der Waals surface area contributed by atoms with Crippen LogP contribution in [0, 0.1) is 0 Å². The van der Waals surface area contributed by atoms with Crippen LogP contribution in [-0.4, -0.2) is 80.5 Å². The van der Waals surface area contributed by atoms with Gasteiger partial charge in [-0.15, -0.1) is 0 Å². The standard InChI is InChI=1S/C28H34N4O4.C2H6/c1-20-18-31(19-21(2)36-20)11-16-35-26-8-7-25(23-5-3-4-6-24(23)26)30-28(33)22-9-10-29-27(17-22)32-12-14-34-15-13-32;1-2/h3-10,17,20-21H,11-16,18-19H2,1-2H3,(H,30,33);1-2H3/t20-,21+;. The zero-order chi connectivity index (χ0) is 26.9. The minimum atomic E-state index is -0.165. The van der Waals surface area contributed by atoms with E-state index < -0.39 is 0 Å². The maximum Gasteiger partial charge on any atom is 0.255 e. The molecule has 0 bridgehead atoms. The van der Waals surface area contributed by atoms with Crippen molar-refractivity contribution in [2.75, 3.05) is 62.8 Å². The second-order valence-electron chi connectivity index (χ2n) is 9.48. The summed E-state index contributed by atoms with van der Waals surface area (Å²) in [6.45, 7) is 14.4. The highest BCUT2D eigenvalue weighted by atomic mass is 16.5. The van der Waals surface area contributed by atoms with Crippen molar-refractivity contribution in [2.24, 2.45) is 0 Å². The minimum absolute atomic E-state index is 0.165. The number of carbonyl (C=O) groups is 1. The maximum absolute atomic E-state index is 13.1. The second kappa shape index (κ2) is 13.6. The van der Waals surface area contributed by atoms with Gasteiger partial charge in [-0.25, -0.2) is 4.98 Å². The molecule has 38 heavy (non-hydrogen) atoms. The van der Waals surface area contributed by atoms with Gasteiger partial charge < -0.3 is 24.4 Å². The Morgan fingerprint density at radius 1 is 1.03 bits per heavy atom. The predicted molar refractivity (Wildman–Crippen MR) is 152 cm³/mol. The van der Waals surface area contributed by atoms with E-state index >= 15 is 0 Å². The topological polar surface area (TPSA) is 76.2 Å². The number of nitrogens with one attached hydrogen (secondary N) is 1. The molecule has 0 spiro atoms. The number of hydrogen-bond acceptors (Lipinski definition) is 7. The summed E-state index contributed by atoms with van der Waals surface area (Å²) in [7, 11) is 0. The molecule has 3 heterocycles. The summed E-state index contributed by atoms with van der Waals surface area (Å²) in [4.78, 5) is 22.1. The molecule has 8 nitrogen and oxygen atoms in total. The van der Waals surface area contributed by atoms with Crippen LogP contribution in [0.25, 0.3) is 10.8 Å². The molecule has 0 unspecified atom stereocenters. The molecule has 0 saturated carbocycles. The number of anilines is 2. The summed E-state index contributed by atoms with van der Waals surface area (Å²) in [5.74, 6) is 1.45. The fourth-order valence-electron chi connectivity index (χ4n) is 4.98. The van der Waals surface area contributed by atoms with Crippen LogP contribution in [0.4, 0.5) is 11.5 Å². The van der Waals surface area contributed by atoms with Crippen LogP contribution in [0.2, 0.25) is 0 Å². The first-order chi connectivity index (χ1) is 18.6. The van der Waals surface area contributed by atoms with Gasteiger partial charge in [0.2, 0.25) is 0 Å². The Balaban J connectivity index is 0.00000164. The molecule has 1 N–H and O–H groups in total. The van der Waals surface area contributed by atoms with Gasteiger partial charge in [-0.05, 0) is 38.1 Å². The van der Waals surface area contributed by atoms with Crippen LogP contribution in [0.1, 0.15) is 38.1 Å². The average molecular weight is 521 g/mol. The molecule has 0 aliphatic carbocycles. The number of hydrogen-bond donors (Lipinski definition) is 1. The Labute approximate surface area is 225 Å². The molecule has 204 valence electrons. The van der Waals surface area contributed by atoms with E-state index in [0.29, 0.717) is 25.4 Å². The molecular weight excluding hydrogens is 480 g/mol. The monoisotopic (exact) mass is 520 g/mol. The number of ether oxygens (including phenoxy) is 3. The van der Waals surface area contributed by atoms with E-state index in [-0.39, 0.29) is 18.1 Å². The van der Waals surface area contributed by atoms with E-state index in [2.05, 4.69) is 33.9 Å². The summed E-state index contributed by atoms with van der Waals surface area (Å²) in [6, 6.07) is 15.4. The van der Waals surface area contributed by atoms with Crippen molar-refractivity contribution in [2.45, 2.75) is 39.9 Å². The number of pyridine rings is 1. The van der Waals surface area contributed by atoms with Crippen LogP contribution in [0.15, 0.2) is 54.7 Å². The first-order valence-electron chi connectivity index (χ1n) is 13.7. The van der Waals surface area contributed by atoms with Crippen molar-refractivity contribution in [3.63, 3.8) is 0 Å². The molecule has 1 aromatic heterocycles. The van der Waals surface area contributed by atoms with Crippen LogP contribution in [0.5, 0.6) is 5.75 Å². The lowest BCUT2D eigenvalue weighted by atomic mass is 10.1. The molecule has 2 fully saturated rings. The third-order valence-corrected chi connectivity index (χ3v) is 6.64. The third kappa shape index (κ3) is 7.01. The maximum atomic E-state index is 13.1. The highest BCUT2D eigenvalue weighted by molar-refractivity contribution is 6.10. The molecule has 1 amide bonds. The van der Waals surface area contributed by atoms with Crippen LogP contribution in [0.3, 0.4) is 0 Å². The molecular formula is C30H40N4O4. The molecule has 2 atom stereocenters. The Morgan fingerprint density at radius 2 is 1.74 bits per heavy atom. The highest BCUT2D eigenvalue weighted by Gasteiger charge is 2.22. The van der Waals surface area contributed by atoms with E-state index in [4.69, 9.17) is 14.2 Å². The van der Waals surface area contributed by atoms with Crippen molar-refractivity contribution in [3.8, 4) is 5.75 Å². The molecule has 5 rings (SSSR count). The smallest absolute Gasteiger partial charge is 0.255 e. The zero-order valence-corrected chi connectivity index (χ0v) is 23.0. The molecule has 3 aromatic rings. The molecule has 8 heteroatoms. The number of aromatic nitrogens is 1. The lowest BCUT2D eigenvalue weighted by Crippen LogP contribution is -2.46. The van der Waals surface area contributed by atoms with Gasteiger partial charge in [0.15, 0.2) is 0 Å². The third-order valence-electron chi connectivity index (χ3n) is 6.64. The molecule has 2 saturated heterocycles. The van der Waals surface area contributed by atoms with Crippen LogP contribution < -0.4 is 15.0 Å². The molecule has 0 radical (unpaired) electrons. The Kier molecular flexibility index (Phi) is 9.92. The first kappa shape index (κ1) is 27.8. The zero-order valence-electron chi connectivity index (χ0n) is 23.0. The fraction of sp³-hybridized carbons (Fsp3) is 0.467. The van der Waals surface area contributed by atoms with E-state index in [1.165, 1.54) is 0 Å². The second-order valence-corrected chi connectivity index (χ2v) is 9.48. The van der Waals surface area contributed by atoms with Gasteiger partial charge in [0.05, 0.1) is 25.4 Å². The number of nitrogens with zero attached hydrogens (tertiary/aromatic N) is 3. The van der Waals surface area contributed by atoms with Gasteiger partial charge in [-0.3, -0.25) is 9.69 Å². The quantitative estimate of drug-likeness (QED) is 0.478. The van der Waals surface area contributed by atoms with E-state index in [1.54, 1.807) is 12.3 Å². The average Bonchev–Trinajstić information content (AvgIpc) is 2.95. The normalized spacial score (nSPS) is 19.9. The molecule has 2 aromatic carbocycles. The summed E-state index contributed by atoms with van der Waals surface area (Å²) in [6.07, 6.45) is 2.16. The van der Waals surface area contributed by atoms with Gasteiger partial charge >= 0.3 is 0 Å². The van der Waals surface area contributed by atoms with E-state index in [0.717, 1.165) is 60.8 Å². The van der Waals surface area contributed by atoms with Gasteiger partial charge in [0, 0.05) is 60.9 Å². The van der Waals surface area contributed by atoms with Gasteiger partial charge in [0.25, 0.3) is 5.91 Å². The van der Waals surface area contributed by atoms with Crippen molar-refractivity contribution in [1.29, 1.82) is 0 Å². The lowest BCUT2D eigenvalue weighted by Gasteiger charge is -2.35. The summed E-state index contributed by atoms with van der Waals surface area (Å²) < 4.78 is 17.5. The number of carbonyl (C=O) groups excluding carboxylic acids is 1. The van der Waals surface area contributed by atoms with Crippen molar-refractivity contribution in [3.05, 3.63) is 60.3 Å². The summed E-state index contributed by atoms with van der Waals surface area (Å²) in [5, 5.41) is 5.01. The number of benzene rings is 2. The number of morpholine rings is 2. The Bertz CT molecular complexity index is 1190. The lowest BCUT2D eigenvalue weighted by molar-refractivity contribution is -0.0699. The van der Waals surface area contributed by atoms with Gasteiger partial charge in [0.1, 0.15) is 18.2 Å². The number of rotatable bonds is 7. The van der Waals surface area contributed by atoms with Gasteiger partial charge in [-0.2, -0.15) is 0 Å². The number of fused-ring (bicyclic) bond motifs is 1. The molecule has 2 aliphatic heterocycles. The predicted octanol–water partition coefficient (Wildman–Crippen LogP) is 4.84. The Morgan fingerprint density at radius 3 is 2.47 bits per heavy atom. The SMILES string of the molecule is CC.C[C@@H]1CN(CCOc2ccc(NC(=O)c3ccnc(N4CCOCC4)c3)c3ccccc23)C[C@H](C)O1. The largest absolute Gasteiger partial charge is 0.492 e. The number of amides is 1. The fourth-order valence-corrected chi connectivity index (χ4v) is 4.98. The van der Waals surface area contributed by atoms with Gasteiger partial charge in [-0.1, -0.05) is 38.1 Å². The van der Waals surface area contributed by atoms with Crippen LogP contribution >= 0.6 is 0 Å².